The minimum absolute atomic E-state index is 0.0714. The number of carbonyl (C=O) groups excluding carboxylic acids is 1. The first-order valence-corrected chi connectivity index (χ1v) is 8.78. The first-order valence-electron chi connectivity index (χ1n) is 8.78. The largest absolute Gasteiger partial charge is 0.493 e. The van der Waals surface area contributed by atoms with Crippen LogP contribution < -0.4 is 20.1 Å². The average molecular weight is 352 g/mol. The fraction of sp³-hybridized carbons (Fsp3) is 0.286. The minimum Gasteiger partial charge on any atom is -0.493 e. The van der Waals surface area contributed by atoms with Crippen molar-refractivity contribution >= 4 is 12.0 Å². The van der Waals surface area contributed by atoms with E-state index in [9.17, 15) is 4.79 Å². The zero-order valence-electron chi connectivity index (χ0n) is 14.9. The molecular formula is C21H24N2O3. The predicted octanol–water partition coefficient (Wildman–Crippen LogP) is 2.77. The van der Waals surface area contributed by atoms with Crippen LogP contribution in [0.4, 0.5) is 0 Å². The highest BCUT2D eigenvalue weighted by Crippen LogP contribution is 2.28. The van der Waals surface area contributed by atoms with Gasteiger partial charge in [0.1, 0.15) is 6.61 Å². The number of ether oxygens (including phenoxy) is 2. The molecule has 5 nitrogen and oxygen atoms in total. The van der Waals surface area contributed by atoms with Crippen LogP contribution in [0.15, 0.2) is 54.6 Å². The van der Waals surface area contributed by atoms with Gasteiger partial charge >= 0.3 is 0 Å². The zero-order valence-corrected chi connectivity index (χ0v) is 14.9. The molecule has 5 heteroatoms. The summed E-state index contributed by atoms with van der Waals surface area (Å²) in [5, 5.41) is 6.09. The molecule has 1 fully saturated rings. The topological polar surface area (TPSA) is 59.6 Å². The van der Waals surface area contributed by atoms with Crippen molar-refractivity contribution in [2.45, 2.75) is 19.0 Å². The Hall–Kier alpha value is -2.79. The lowest BCUT2D eigenvalue weighted by Crippen LogP contribution is -2.35. The van der Waals surface area contributed by atoms with Crippen LogP contribution >= 0.6 is 0 Å². The molecule has 26 heavy (non-hydrogen) atoms. The van der Waals surface area contributed by atoms with Gasteiger partial charge in [0.15, 0.2) is 11.5 Å². The number of carbonyl (C=O) groups is 1. The Balaban J connectivity index is 1.54. The fourth-order valence-corrected chi connectivity index (χ4v) is 2.86. The van der Waals surface area contributed by atoms with Gasteiger partial charge in [-0.15, -0.1) is 0 Å². The minimum atomic E-state index is -0.111. The highest BCUT2D eigenvalue weighted by molar-refractivity contribution is 5.83. The summed E-state index contributed by atoms with van der Waals surface area (Å²) in [5.41, 5.74) is 2.19. The van der Waals surface area contributed by atoms with Crippen molar-refractivity contribution in [1.82, 2.24) is 10.6 Å². The molecule has 0 bridgehead atoms. The van der Waals surface area contributed by atoms with Crippen molar-refractivity contribution in [3.05, 3.63) is 65.7 Å². The predicted molar refractivity (Wildman–Crippen MR) is 102 cm³/mol. The van der Waals surface area contributed by atoms with Crippen molar-refractivity contribution in [1.29, 1.82) is 0 Å². The molecule has 0 spiro atoms. The molecule has 0 aliphatic carbocycles. The van der Waals surface area contributed by atoms with Crippen LogP contribution in [0.25, 0.3) is 6.08 Å². The standard InChI is InChI=1S/C21H24N2O3/c1-25-20-14-17(15-23-18-11-12-22-21(18)24)9-10-19(20)26-13-5-8-16-6-3-2-4-7-16/h2-10,14,18,23H,11-13,15H2,1H3,(H,22,24). The maximum Gasteiger partial charge on any atom is 0.237 e. The van der Waals surface area contributed by atoms with Crippen molar-refractivity contribution in [3.8, 4) is 11.5 Å². The van der Waals surface area contributed by atoms with E-state index < -0.39 is 0 Å². The van der Waals surface area contributed by atoms with Crippen molar-refractivity contribution < 1.29 is 14.3 Å². The van der Waals surface area contributed by atoms with Gasteiger partial charge in [0.2, 0.25) is 5.91 Å². The van der Waals surface area contributed by atoms with Gasteiger partial charge in [-0.1, -0.05) is 42.5 Å². The van der Waals surface area contributed by atoms with Crippen LogP contribution in [-0.4, -0.2) is 32.2 Å². The van der Waals surface area contributed by atoms with Gasteiger partial charge in [0.05, 0.1) is 13.2 Å². The Bertz CT molecular complexity index is 759. The monoisotopic (exact) mass is 352 g/mol. The smallest absolute Gasteiger partial charge is 0.237 e. The molecule has 136 valence electrons. The fourth-order valence-electron chi connectivity index (χ4n) is 2.86. The average Bonchev–Trinajstić information content (AvgIpc) is 3.09. The van der Waals surface area contributed by atoms with Crippen molar-refractivity contribution in [2.75, 3.05) is 20.3 Å². The van der Waals surface area contributed by atoms with E-state index in [-0.39, 0.29) is 11.9 Å². The molecule has 0 radical (unpaired) electrons. The van der Waals surface area contributed by atoms with Crippen LogP contribution in [0.5, 0.6) is 11.5 Å². The second-order valence-corrected chi connectivity index (χ2v) is 6.12. The molecule has 1 atom stereocenters. The number of hydrogen-bond donors (Lipinski definition) is 2. The Morgan fingerprint density at radius 3 is 2.77 bits per heavy atom. The lowest BCUT2D eigenvalue weighted by molar-refractivity contribution is -0.120. The van der Waals surface area contributed by atoms with Gasteiger partial charge in [-0.2, -0.15) is 0 Å². The van der Waals surface area contributed by atoms with Gasteiger partial charge in [-0.25, -0.2) is 0 Å². The van der Waals surface area contributed by atoms with E-state index in [0.29, 0.717) is 24.7 Å². The molecule has 1 aliphatic heterocycles. The van der Waals surface area contributed by atoms with Gasteiger partial charge in [0.25, 0.3) is 0 Å². The lowest BCUT2D eigenvalue weighted by Gasteiger charge is -2.13. The van der Waals surface area contributed by atoms with E-state index in [1.807, 2.05) is 60.7 Å². The third kappa shape index (κ3) is 4.86. The summed E-state index contributed by atoms with van der Waals surface area (Å²) in [6.07, 6.45) is 4.82. The third-order valence-corrected chi connectivity index (χ3v) is 4.27. The van der Waals surface area contributed by atoms with Crippen LogP contribution in [0.3, 0.4) is 0 Å². The van der Waals surface area contributed by atoms with E-state index in [1.165, 1.54) is 0 Å². The maximum absolute atomic E-state index is 11.6. The van der Waals surface area contributed by atoms with Crippen LogP contribution in [0, 0.1) is 0 Å². The molecule has 1 aliphatic rings. The Labute approximate surface area is 154 Å². The van der Waals surface area contributed by atoms with E-state index in [0.717, 1.165) is 24.1 Å². The molecule has 0 saturated carbocycles. The number of nitrogens with one attached hydrogen (secondary N) is 2. The summed E-state index contributed by atoms with van der Waals surface area (Å²) >= 11 is 0. The first-order chi connectivity index (χ1) is 12.8. The lowest BCUT2D eigenvalue weighted by atomic mass is 10.1. The Kier molecular flexibility index (Phi) is 6.28. The van der Waals surface area contributed by atoms with Gasteiger partial charge in [0, 0.05) is 13.1 Å². The summed E-state index contributed by atoms with van der Waals surface area (Å²) in [6.45, 7) is 1.82. The number of methoxy groups -OCH3 is 1. The molecule has 0 aromatic heterocycles. The SMILES string of the molecule is COc1cc(CNC2CCNC2=O)ccc1OCC=Cc1ccccc1. The quantitative estimate of drug-likeness (QED) is 0.767. The Morgan fingerprint density at radius 2 is 2.04 bits per heavy atom. The number of benzene rings is 2. The summed E-state index contributed by atoms with van der Waals surface area (Å²) in [4.78, 5) is 11.6. The number of amides is 1. The van der Waals surface area contributed by atoms with Crippen molar-refractivity contribution in [3.63, 3.8) is 0 Å². The molecule has 2 N–H and O–H groups in total. The van der Waals surface area contributed by atoms with Gasteiger partial charge in [-0.3, -0.25) is 4.79 Å². The van der Waals surface area contributed by atoms with Crippen molar-refractivity contribution in [2.24, 2.45) is 0 Å². The molecule has 1 amide bonds. The molecule has 1 heterocycles. The highest BCUT2D eigenvalue weighted by atomic mass is 16.5. The molecular weight excluding hydrogens is 328 g/mol. The maximum atomic E-state index is 11.6. The highest BCUT2D eigenvalue weighted by Gasteiger charge is 2.23. The third-order valence-electron chi connectivity index (χ3n) is 4.27. The second kappa shape index (κ2) is 9.06. The van der Waals surface area contributed by atoms with Gasteiger partial charge < -0.3 is 20.1 Å². The molecule has 1 saturated heterocycles. The second-order valence-electron chi connectivity index (χ2n) is 6.12. The summed E-state index contributed by atoms with van der Waals surface area (Å²) < 4.78 is 11.2. The molecule has 2 aromatic carbocycles. The van der Waals surface area contributed by atoms with E-state index in [2.05, 4.69) is 10.6 Å². The zero-order chi connectivity index (χ0) is 18.2. The normalized spacial score (nSPS) is 16.7. The van der Waals surface area contributed by atoms with E-state index >= 15 is 0 Å². The molecule has 2 aromatic rings. The van der Waals surface area contributed by atoms with Gasteiger partial charge in [-0.05, 0) is 35.8 Å². The first kappa shape index (κ1) is 18.0. The molecule has 3 rings (SSSR count). The van der Waals surface area contributed by atoms with Crippen LogP contribution in [0.1, 0.15) is 17.5 Å². The van der Waals surface area contributed by atoms with E-state index in [4.69, 9.17) is 9.47 Å². The summed E-state index contributed by atoms with van der Waals surface area (Å²) in [6, 6.07) is 15.8. The van der Waals surface area contributed by atoms with Crippen LogP contribution in [-0.2, 0) is 11.3 Å². The summed E-state index contributed by atoms with van der Waals surface area (Å²) in [5.74, 6) is 1.46. The number of rotatable bonds is 8. The molecule has 1 unspecified atom stereocenters. The van der Waals surface area contributed by atoms with Crippen LogP contribution in [0.2, 0.25) is 0 Å². The number of hydrogen-bond acceptors (Lipinski definition) is 4. The van der Waals surface area contributed by atoms with E-state index in [1.54, 1.807) is 7.11 Å². The summed E-state index contributed by atoms with van der Waals surface area (Å²) in [7, 11) is 1.63. The Morgan fingerprint density at radius 1 is 1.19 bits per heavy atom.